The Balaban J connectivity index is 1.81. The Hall–Kier alpha value is -2.00. The van der Waals surface area contributed by atoms with E-state index in [1.807, 2.05) is 18.2 Å². The number of rotatable bonds is 3. The summed E-state index contributed by atoms with van der Waals surface area (Å²) in [5.74, 6) is -0.113. The maximum absolute atomic E-state index is 12.3. The number of carbonyl (C=O) groups is 1. The van der Waals surface area contributed by atoms with Crippen LogP contribution in [-0.4, -0.2) is 19.0 Å². The Morgan fingerprint density at radius 2 is 1.67 bits per heavy atom. The molecule has 2 aromatic rings. The lowest BCUT2D eigenvalue weighted by Gasteiger charge is -2.21. The molecule has 0 spiro atoms. The van der Waals surface area contributed by atoms with E-state index in [2.05, 4.69) is 16.3 Å². The van der Waals surface area contributed by atoms with Crippen molar-refractivity contribution in [3.05, 3.63) is 59.1 Å². The van der Waals surface area contributed by atoms with Crippen LogP contribution in [0.25, 0.3) is 0 Å². The first-order valence-electron chi connectivity index (χ1n) is 7.15. The SMILES string of the molecule is O=C(Nc1ccccc1N1CCCC1)c1ccc(Cl)cc1. The minimum atomic E-state index is -0.113. The molecule has 108 valence electrons. The zero-order chi connectivity index (χ0) is 14.7. The van der Waals surface area contributed by atoms with E-state index in [4.69, 9.17) is 11.6 Å². The molecule has 1 amide bonds. The minimum Gasteiger partial charge on any atom is -0.370 e. The van der Waals surface area contributed by atoms with Gasteiger partial charge in [-0.15, -0.1) is 0 Å². The molecule has 21 heavy (non-hydrogen) atoms. The normalized spacial score (nSPS) is 14.2. The smallest absolute Gasteiger partial charge is 0.255 e. The van der Waals surface area contributed by atoms with Crippen molar-refractivity contribution in [2.45, 2.75) is 12.8 Å². The van der Waals surface area contributed by atoms with Gasteiger partial charge in [0.05, 0.1) is 11.4 Å². The fourth-order valence-corrected chi connectivity index (χ4v) is 2.73. The van der Waals surface area contributed by atoms with Crippen LogP contribution in [0.2, 0.25) is 5.02 Å². The highest BCUT2D eigenvalue weighted by atomic mass is 35.5. The van der Waals surface area contributed by atoms with Crippen molar-refractivity contribution in [3.8, 4) is 0 Å². The first-order valence-corrected chi connectivity index (χ1v) is 7.53. The molecule has 1 aliphatic heterocycles. The van der Waals surface area contributed by atoms with Crippen LogP contribution in [0.5, 0.6) is 0 Å². The van der Waals surface area contributed by atoms with Crippen molar-refractivity contribution in [2.75, 3.05) is 23.3 Å². The lowest BCUT2D eigenvalue weighted by Crippen LogP contribution is -2.21. The van der Waals surface area contributed by atoms with E-state index < -0.39 is 0 Å². The first-order chi connectivity index (χ1) is 10.2. The maximum Gasteiger partial charge on any atom is 0.255 e. The van der Waals surface area contributed by atoms with Gasteiger partial charge < -0.3 is 10.2 Å². The van der Waals surface area contributed by atoms with Crippen LogP contribution in [0.1, 0.15) is 23.2 Å². The molecule has 1 heterocycles. The van der Waals surface area contributed by atoms with Gasteiger partial charge in [0.15, 0.2) is 0 Å². The molecule has 0 unspecified atom stereocenters. The van der Waals surface area contributed by atoms with Crippen LogP contribution in [-0.2, 0) is 0 Å². The first kappa shape index (κ1) is 14.0. The standard InChI is InChI=1S/C17H17ClN2O/c18-14-9-7-13(8-10-14)17(21)19-15-5-1-2-6-16(15)20-11-3-4-12-20/h1-2,5-10H,3-4,11-12H2,(H,19,21). The number of carbonyl (C=O) groups excluding carboxylic acids is 1. The third-order valence-corrected chi connectivity index (χ3v) is 3.96. The van der Waals surface area contributed by atoms with Gasteiger partial charge in [0.2, 0.25) is 0 Å². The van der Waals surface area contributed by atoms with Gasteiger partial charge in [-0.25, -0.2) is 0 Å². The quantitative estimate of drug-likeness (QED) is 0.921. The number of benzene rings is 2. The number of amides is 1. The molecule has 1 aliphatic rings. The number of para-hydroxylation sites is 2. The van der Waals surface area contributed by atoms with Crippen molar-refractivity contribution >= 4 is 28.9 Å². The summed E-state index contributed by atoms with van der Waals surface area (Å²) in [5, 5.41) is 3.63. The summed E-state index contributed by atoms with van der Waals surface area (Å²) in [6.07, 6.45) is 2.42. The van der Waals surface area contributed by atoms with E-state index in [0.29, 0.717) is 10.6 Å². The number of nitrogens with zero attached hydrogens (tertiary/aromatic N) is 1. The van der Waals surface area contributed by atoms with Crippen LogP contribution in [0.15, 0.2) is 48.5 Å². The average molecular weight is 301 g/mol. The summed E-state index contributed by atoms with van der Waals surface area (Å²) in [4.78, 5) is 14.6. The zero-order valence-electron chi connectivity index (χ0n) is 11.7. The van der Waals surface area contributed by atoms with Crippen molar-refractivity contribution in [1.29, 1.82) is 0 Å². The molecule has 4 heteroatoms. The Morgan fingerprint density at radius 3 is 2.38 bits per heavy atom. The van der Waals surface area contributed by atoms with Gasteiger partial charge in [-0.05, 0) is 49.2 Å². The number of halogens is 1. The van der Waals surface area contributed by atoms with E-state index in [-0.39, 0.29) is 5.91 Å². The zero-order valence-corrected chi connectivity index (χ0v) is 12.4. The topological polar surface area (TPSA) is 32.3 Å². The number of anilines is 2. The predicted molar refractivity (Wildman–Crippen MR) is 87.3 cm³/mol. The van der Waals surface area contributed by atoms with Crippen LogP contribution in [0.3, 0.4) is 0 Å². The Bertz CT molecular complexity index is 633. The van der Waals surface area contributed by atoms with Crippen molar-refractivity contribution in [3.63, 3.8) is 0 Å². The van der Waals surface area contributed by atoms with Crippen molar-refractivity contribution < 1.29 is 4.79 Å². The summed E-state index contributed by atoms with van der Waals surface area (Å²) in [6, 6.07) is 14.9. The molecular formula is C17H17ClN2O. The highest BCUT2D eigenvalue weighted by Crippen LogP contribution is 2.29. The third kappa shape index (κ3) is 3.19. The molecule has 3 nitrogen and oxygen atoms in total. The van der Waals surface area contributed by atoms with E-state index >= 15 is 0 Å². The molecule has 1 saturated heterocycles. The van der Waals surface area contributed by atoms with Gasteiger partial charge in [-0.2, -0.15) is 0 Å². The summed E-state index contributed by atoms with van der Waals surface area (Å²) < 4.78 is 0. The van der Waals surface area contributed by atoms with Crippen LogP contribution in [0, 0.1) is 0 Å². The largest absolute Gasteiger partial charge is 0.370 e. The molecule has 1 fully saturated rings. The summed E-state index contributed by atoms with van der Waals surface area (Å²) in [7, 11) is 0. The third-order valence-electron chi connectivity index (χ3n) is 3.71. The highest BCUT2D eigenvalue weighted by Gasteiger charge is 2.16. The molecule has 1 N–H and O–H groups in total. The van der Waals surface area contributed by atoms with Crippen molar-refractivity contribution in [2.24, 2.45) is 0 Å². The number of nitrogens with one attached hydrogen (secondary N) is 1. The summed E-state index contributed by atoms with van der Waals surface area (Å²) >= 11 is 5.85. The van der Waals surface area contributed by atoms with Crippen molar-refractivity contribution in [1.82, 2.24) is 0 Å². The lowest BCUT2D eigenvalue weighted by molar-refractivity contribution is 0.102. The Kier molecular flexibility index (Phi) is 4.11. The van der Waals surface area contributed by atoms with Gasteiger partial charge >= 0.3 is 0 Å². The van der Waals surface area contributed by atoms with Gasteiger partial charge in [0.25, 0.3) is 5.91 Å². The molecule has 3 rings (SSSR count). The average Bonchev–Trinajstić information content (AvgIpc) is 3.02. The second-order valence-corrected chi connectivity index (χ2v) is 5.61. The fraction of sp³-hybridized carbons (Fsp3) is 0.235. The summed E-state index contributed by atoms with van der Waals surface area (Å²) in [6.45, 7) is 2.10. The van der Waals surface area contributed by atoms with Gasteiger partial charge in [0, 0.05) is 23.7 Å². The van der Waals surface area contributed by atoms with Gasteiger partial charge in [-0.3, -0.25) is 4.79 Å². The van der Waals surface area contributed by atoms with Crippen LogP contribution in [0.4, 0.5) is 11.4 Å². The molecule has 0 aromatic heterocycles. The lowest BCUT2D eigenvalue weighted by atomic mass is 10.2. The number of hydrogen-bond acceptors (Lipinski definition) is 2. The van der Waals surface area contributed by atoms with E-state index in [1.165, 1.54) is 12.8 Å². The van der Waals surface area contributed by atoms with Gasteiger partial charge in [0.1, 0.15) is 0 Å². The van der Waals surface area contributed by atoms with E-state index in [1.54, 1.807) is 24.3 Å². The molecular weight excluding hydrogens is 284 g/mol. The monoisotopic (exact) mass is 300 g/mol. The molecule has 0 bridgehead atoms. The molecule has 0 radical (unpaired) electrons. The van der Waals surface area contributed by atoms with Gasteiger partial charge in [-0.1, -0.05) is 23.7 Å². The second-order valence-electron chi connectivity index (χ2n) is 5.17. The highest BCUT2D eigenvalue weighted by molar-refractivity contribution is 6.30. The Labute approximate surface area is 129 Å². The predicted octanol–water partition coefficient (Wildman–Crippen LogP) is 4.19. The summed E-state index contributed by atoms with van der Waals surface area (Å²) in [5.41, 5.74) is 2.56. The number of hydrogen-bond donors (Lipinski definition) is 1. The fourth-order valence-electron chi connectivity index (χ4n) is 2.61. The minimum absolute atomic E-state index is 0.113. The molecule has 0 aliphatic carbocycles. The second kappa shape index (κ2) is 6.19. The van der Waals surface area contributed by atoms with Crippen LogP contribution >= 0.6 is 11.6 Å². The molecule has 2 aromatic carbocycles. The van der Waals surface area contributed by atoms with E-state index in [9.17, 15) is 4.79 Å². The van der Waals surface area contributed by atoms with Crippen LogP contribution < -0.4 is 10.2 Å². The molecule has 0 atom stereocenters. The van der Waals surface area contributed by atoms with E-state index in [0.717, 1.165) is 24.5 Å². The molecule has 0 saturated carbocycles. The Morgan fingerprint density at radius 1 is 1.00 bits per heavy atom. The maximum atomic E-state index is 12.3.